The Morgan fingerprint density at radius 3 is 1.47 bits per heavy atom. The molecular weight excluding hydrogens is 458 g/mol. The third-order valence-electron chi connectivity index (χ3n) is 4.92. The molecule has 0 aromatic heterocycles. The molecule has 0 atom stereocenters. The third kappa shape index (κ3) is 3.40. The molecule has 4 aromatic rings. The highest BCUT2D eigenvalue weighted by molar-refractivity contribution is 6.61. The Labute approximate surface area is 193 Å². The standard InChI is InChI=1S/C24H12Cl4N2/c25-14-7-9-18(27)20(11-14)29-23-16-5-1-3-13-4-2-6-17(22(13)16)24(23)30-21-12-15(26)8-10-19(21)28/h1-12H. The van der Waals surface area contributed by atoms with Crippen LogP contribution in [0.25, 0.3) is 10.8 Å². The summed E-state index contributed by atoms with van der Waals surface area (Å²) in [6.07, 6.45) is 0. The van der Waals surface area contributed by atoms with Gasteiger partial charge in [-0.2, -0.15) is 0 Å². The summed E-state index contributed by atoms with van der Waals surface area (Å²) in [5.41, 5.74) is 4.54. The van der Waals surface area contributed by atoms with Crippen molar-refractivity contribution in [1.29, 1.82) is 0 Å². The second-order valence-electron chi connectivity index (χ2n) is 6.82. The van der Waals surface area contributed by atoms with Crippen LogP contribution in [0.1, 0.15) is 11.1 Å². The Morgan fingerprint density at radius 2 is 1.00 bits per heavy atom. The molecule has 0 N–H and O–H groups in total. The van der Waals surface area contributed by atoms with E-state index in [1.165, 1.54) is 0 Å². The summed E-state index contributed by atoms with van der Waals surface area (Å²) in [6, 6.07) is 22.6. The number of halogens is 4. The molecule has 146 valence electrons. The van der Waals surface area contributed by atoms with E-state index in [9.17, 15) is 0 Å². The first kappa shape index (κ1) is 19.6. The molecule has 0 bridgehead atoms. The summed E-state index contributed by atoms with van der Waals surface area (Å²) >= 11 is 25.2. The maximum atomic E-state index is 6.40. The molecule has 6 heteroatoms. The van der Waals surface area contributed by atoms with Crippen molar-refractivity contribution in [3.8, 4) is 0 Å². The molecule has 30 heavy (non-hydrogen) atoms. The minimum Gasteiger partial charge on any atom is -0.244 e. The lowest BCUT2D eigenvalue weighted by Gasteiger charge is -2.06. The number of benzene rings is 4. The van der Waals surface area contributed by atoms with Crippen molar-refractivity contribution in [3.05, 3.63) is 104 Å². The maximum Gasteiger partial charge on any atom is 0.0979 e. The summed E-state index contributed by atoms with van der Waals surface area (Å²) in [5.74, 6) is 0. The Hall–Kier alpha value is -2.36. The molecule has 5 rings (SSSR count). The molecule has 0 aliphatic heterocycles. The molecule has 0 spiro atoms. The van der Waals surface area contributed by atoms with Crippen molar-refractivity contribution < 1.29 is 0 Å². The van der Waals surface area contributed by atoms with Crippen molar-refractivity contribution in [2.24, 2.45) is 9.98 Å². The van der Waals surface area contributed by atoms with Gasteiger partial charge in [0.05, 0.1) is 32.8 Å². The van der Waals surface area contributed by atoms with Gasteiger partial charge in [-0.15, -0.1) is 0 Å². The number of aliphatic imine (C=N–C) groups is 2. The smallest absolute Gasteiger partial charge is 0.0979 e. The van der Waals surface area contributed by atoms with Gasteiger partial charge in [-0.3, -0.25) is 0 Å². The molecular formula is C24H12Cl4N2. The Morgan fingerprint density at radius 1 is 0.533 bits per heavy atom. The van der Waals surface area contributed by atoms with Gasteiger partial charge >= 0.3 is 0 Å². The first-order chi connectivity index (χ1) is 14.5. The van der Waals surface area contributed by atoms with Crippen LogP contribution in [0.3, 0.4) is 0 Å². The van der Waals surface area contributed by atoms with Crippen molar-refractivity contribution in [1.82, 2.24) is 0 Å². The molecule has 0 fully saturated rings. The van der Waals surface area contributed by atoms with Crippen LogP contribution in [0, 0.1) is 0 Å². The third-order valence-corrected chi connectivity index (χ3v) is 6.03. The molecule has 0 saturated heterocycles. The maximum absolute atomic E-state index is 6.40. The van der Waals surface area contributed by atoms with E-state index >= 15 is 0 Å². The summed E-state index contributed by atoms with van der Waals surface area (Å²) < 4.78 is 0. The lowest BCUT2D eigenvalue weighted by Crippen LogP contribution is -2.10. The molecule has 2 nitrogen and oxygen atoms in total. The first-order valence-corrected chi connectivity index (χ1v) is 10.6. The number of rotatable bonds is 2. The number of nitrogens with zero attached hydrogens (tertiary/aromatic N) is 2. The van der Waals surface area contributed by atoms with E-state index < -0.39 is 0 Å². The van der Waals surface area contributed by atoms with Crippen LogP contribution in [-0.2, 0) is 0 Å². The molecule has 0 saturated carbocycles. The highest BCUT2D eigenvalue weighted by atomic mass is 35.5. The van der Waals surface area contributed by atoms with Gasteiger partial charge in [-0.05, 0) is 41.8 Å². The van der Waals surface area contributed by atoms with Crippen molar-refractivity contribution in [2.75, 3.05) is 0 Å². The number of hydrogen-bond acceptors (Lipinski definition) is 2. The van der Waals surface area contributed by atoms with Crippen LogP contribution < -0.4 is 0 Å². The fraction of sp³-hybridized carbons (Fsp3) is 0. The van der Waals surface area contributed by atoms with E-state index in [-0.39, 0.29) is 0 Å². The van der Waals surface area contributed by atoms with Crippen molar-refractivity contribution in [2.45, 2.75) is 0 Å². The monoisotopic (exact) mass is 468 g/mol. The summed E-state index contributed by atoms with van der Waals surface area (Å²) in [5, 5.41) is 4.34. The van der Waals surface area contributed by atoms with E-state index in [4.69, 9.17) is 56.4 Å². The highest BCUT2D eigenvalue weighted by Gasteiger charge is 2.27. The molecule has 4 aromatic carbocycles. The lowest BCUT2D eigenvalue weighted by atomic mass is 10.1. The molecule has 0 unspecified atom stereocenters. The van der Waals surface area contributed by atoms with E-state index in [1.54, 1.807) is 36.4 Å². The molecule has 0 heterocycles. The highest BCUT2D eigenvalue weighted by Crippen LogP contribution is 2.37. The van der Waals surface area contributed by atoms with Crippen LogP contribution in [0.15, 0.2) is 82.8 Å². The normalized spacial score (nSPS) is 15.5. The number of hydrogen-bond donors (Lipinski definition) is 0. The van der Waals surface area contributed by atoms with E-state index in [0.29, 0.717) is 42.9 Å². The zero-order valence-corrected chi connectivity index (χ0v) is 18.4. The fourth-order valence-corrected chi connectivity index (χ4v) is 4.25. The summed E-state index contributed by atoms with van der Waals surface area (Å²) in [6.45, 7) is 0. The Balaban J connectivity index is 1.82. The predicted octanol–water partition coefficient (Wildman–Crippen LogP) is 8.71. The largest absolute Gasteiger partial charge is 0.244 e. The molecule has 0 amide bonds. The second kappa shape index (κ2) is 7.72. The van der Waals surface area contributed by atoms with Gasteiger partial charge in [-0.1, -0.05) is 82.8 Å². The average molecular weight is 470 g/mol. The minimum absolute atomic E-state index is 0.509. The van der Waals surface area contributed by atoms with Gasteiger partial charge in [-0.25, -0.2) is 9.98 Å². The van der Waals surface area contributed by atoms with Crippen molar-refractivity contribution in [3.63, 3.8) is 0 Å². The summed E-state index contributed by atoms with van der Waals surface area (Å²) in [7, 11) is 0. The van der Waals surface area contributed by atoms with Gasteiger partial charge in [0.2, 0.25) is 0 Å². The molecule has 1 aliphatic rings. The Kier molecular flexibility index (Phi) is 5.04. The van der Waals surface area contributed by atoms with E-state index in [2.05, 4.69) is 12.1 Å². The zero-order chi connectivity index (χ0) is 20.8. The van der Waals surface area contributed by atoms with E-state index in [0.717, 1.165) is 21.9 Å². The van der Waals surface area contributed by atoms with Crippen LogP contribution >= 0.6 is 46.4 Å². The van der Waals surface area contributed by atoms with Crippen molar-refractivity contribution >= 4 is 80.0 Å². The van der Waals surface area contributed by atoms with Gasteiger partial charge in [0, 0.05) is 26.6 Å². The summed E-state index contributed by atoms with van der Waals surface area (Å²) in [4.78, 5) is 9.76. The SMILES string of the molecule is Clc1ccc(Cl)c(N=C2C(=Nc3cc(Cl)ccc3Cl)c3cccc4cccc2c34)c1. The quantitative estimate of drug-likeness (QED) is 0.280. The van der Waals surface area contributed by atoms with Gasteiger partial charge in [0.1, 0.15) is 0 Å². The van der Waals surface area contributed by atoms with Gasteiger partial charge in [0.15, 0.2) is 0 Å². The topological polar surface area (TPSA) is 24.7 Å². The van der Waals surface area contributed by atoms with Gasteiger partial charge in [0.25, 0.3) is 0 Å². The predicted molar refractivity (Wildman–Crippen MR) is 129 cm³/mol. The minimum atomic E-state index is 0.509. The second-order valence-corrected chi connectivity index (χ2v) is 8.51. The first-order valence-electron chi connectivity index (χ1n) is 9.11. The molecule has 0 radical (unpaired) electrons. The van der Waals surface area contributed by atoms with Crippen LogP contribution in [0.4, 0.5) is 11.4 Å². The zero-order valence-electron chi connectivity index (χ0n) is 15.3. The average Bonchev–Trinajstić information content (AvgIpc) is 3.03. The van der Waals surface area contributed by atoms with E-state index in [1.807, 2.05) is 24.3 Å². The Bertz CT molecular complexity index is 1290. The fourth-order valence-electron chi connectivity index (χ4n) is 3.60. The van der Waals surface area contributed by atoms with Crippen LogP contribution in [0.2, 0.25) is 20.1 Å². The lowest BCUT2D eigenvalue weighted by molar-refractivity contribution is 1.50. The van der Waals surface area contributed by atoms with Crippen LogP contribution in [-0.4, -0.2) is 11.4 Å². The van der Waals surface area contributed by atoms with Gasteiger partial charge < -0.3 is 0 Å². The molecule has 1 aliphatic carbocycles. The van der Waals surface area contributed by atoms with Crippen LogP contribution in [0.5, 0.6) is 0 Å².